The Morgan fingerprint density at radius 2 is 1.87 bits per heavy atom. The number of carbonyl (C=O) groups is 2. The van der Waals surface area contributed by atoms with Gasteiger partial charge in [-0.2, -0.15) is 10.2 Å². The van der Waals surface area contributed by atoms with Gasteiger partial charge in [-0.1, -0.05) is 30.3 Å². The molecule has 2 fully saturated rings. The molecule has 2 aromatic carbocycles. The number of anilines is 1. The van der Waals surface area contributed by atoms with Crippen LogP contribution in [0.4, 0.5) is 10.5 Å². The molecule has 1 aromatic heterocycles. The van der Waals surface area contributed by atoms with E-state index in [1.165, 1.54) is 5.06 Å². The minimum atomic E-state index is -0.500. The summed E-state index contributed by atoms with van der Waals surface area (Å²) in [5.41, 5.74) is 2.59. The molecule has 3 aromatic rings. The smallest absolute Gasteiger partial charge is 0.324 e. The van der Waals surface area contributed by atoms with Gasteiger partial charge in [-0.05, 0) is 48.7 Å². The van der Waals surface area contributed by atoms with Crippen molar-refractivity contribution in [1.82, 2.24) is 19.7 Å². The van der Waals surface area contributed by atoms with Gasteiger partial charge in [0.15, 0.2) is 0 Å². The van der Waals surface area contributed by atoms with Crippen molar-refractivity contribution in [2.75, 3.05) is 11.9 Å². The molecule has 158 valence electrons. The Morgan fingerprint density at radius 1 is 1.06 bits per heavy atom. The number of piperidine rings is 1. The van der Waals surface area contributed by atoms with E-state index in [4.69, 9.17) is 4.84 Å². The van der Waals surface area contributed by atoms with Gasteiger partial charge in [-0.3, -0.25) is 9.63 Å². The van der Waals surface area contributed by atoms with Crippen LogP contribution in [0.5, 0.6) is 0 Å². The largest absolute Gasteiger partial charge is 0.345 e. The van der Waals surface area contributed by atoms with E-state index in [-0.39, 0.29) is 18.0 Å². The summed E-state index contributed by atoms with van der Waals surface area (Å²) >= 11 is 0. The van der Waals surface area contributed by atoms with Crippen LogP contribution >= 0.6 is 0 Å². The molecule has 0 spiro atoms. The summed E-state index contributed by atoms with van der Waals surface area (Å²) in [7, 11) is 0. The SMILES string of the molecule is O=C(Nc1ccc(-n2cccn2)cc1)[C@@H]1CC[C@@H]2CN1C(=O)N2OCc1ccccc1. The van der Waals surface area contributed by atoms with E-state index >= 15 is 0 Å². The van der Waals surface area contributed by atoms with E-state index in [1.54, 1.807) is 15.8 Å². The summed E-state index contributed by atoms with van der Waals surface area (Å²) in [5.74, 6) is -0.177. The van der Waals surface area contributed by atoms with Gasteiger partial charge in [-0.25, -0.2) is 9.48 Å². The molecule has 2 aliphatic heterocycles. The normalized spacial score (nSPS) is 20.2. The van der Waals surface area contributed by atoms with Gasteiger partial charge < -0.3 is 10.2 Å². The fraction of sp³-hybridized carbons (Fsp3) is 0.261. The maximum Gasteiger partial charge on any atom is 0.345 e. The standard InChI is InChI=1S/C23H23N5O3/c29-22(25-18-7-9-19(10-8-18)27-14-4-13-24-27)21-12-11-20-15-26(21)23(30)28(20)31-16-17-5-2-1-3-6-17/h1-10,13-14,20-21H,11-12,15-16H2,(H,25,29)/t20-,21+/m1/s1. The highest BCUT2D eigenvalue weighted by atomic mass is 16.7. The first-order valence-electron chi connectivity index (χ1n) is 10.4. The number of hydrogen-bond acceptors (Lipinski definition) is 4. The molecule has 2 atom stereocenters. The zero-order valence-corrected chi connectivity index (χ0v) is 16.9. The van der Waals surface area contributed by atoms with E-state index in [9.17, 15) is 9.59 Å². The second-order valence-corrected chi connectivity index (χ2v) is 7.75. The predicted octanol–water partition coefficient (Wildman–Crippen LogP) is 3.21. The van der Waals surface area contributed by atoms with Crippen LogP contribution in [0.1, 0.15) is 18.4 Å². The van der Waals surface area contributed by atoms with Crippen molar-refractivity contribution in [3.63, 3.8) is 0 Å². The summed E-state index contributed by atoms with van der Waals surface area (Å²) in [4.78, 5) is 33.2. The van der Waals surface area contributed by atoms with Gasteiger partial charge in [0.2, 0.25) is 5.91 Å². The highest BCUT2D eigenvalue weighted by molar-refractivity contribution is 5.97. The van der Waals surface area contributed by atoms with E-state index < -0.39 is 6.04 Å². The molecule has 0 unspecified atom stereocenters. The summed E-state index contributed by atoms with van der Waals surface area (Å²) in [5, 5.41) is 8.58. The van der Waals surface area contributed by atoms with Gasteiger partial charge in [0, 0.05) is 24.6 Å². The van der Waals surface area contributed by atoms with Crippen molar-refractivity contribution >= 4 is 17.6 Å². The van der Waals surface area contributed by atoms with Crippen LogP contribution in [0, 0.1) is 0 Å². The number of rotatable bonds is 6. The summed E-state index contributed by atoms with van der Waals surface area (Å²) in [6, 6.07) is 18.3. The zero-order chi connectivity index (χ0) is 21.2. The van der Waals surface area contributed by atoms with Gasteiger partial charge in [0.1, 0.15) is 12.6 Å². The maximum atomic E-state index is 12.9. The van der Waals surface area contributed by atoms with Crippen LogP contribution in [0.25, 0.3) is 5.69 Å². The minimum absolute atomic E-state index is 0.0198. The summed E-state index contributed by atoms with van der Waals surface area (Å²) < 4.78 is 1.75. The lowest BCUT2D eigenvalue weighted by Gasteiger charge is -2.29. The molecule has 0 saturated carbocycles. The van der Waals surface area contributed by atoms with Gasteiger partial charge in [-0.15, -0.1) is 0 Å². The minimum Gasteiger partial charge on any atom is -0.324 e. The quantitative estimate of drug-likeness (QED) is 0.668. The Morgan fingerprint density at radius 3 is 2.61 bits per heavy atom. The van der Waals surface area contributed by atoms with Crippen molar-refractivity contribution < 1.29 is 14.4 Å². The number of aromatic nitrogens is 2. The average Bonchev–Trinajstić information content (AvgIpc) is 3.42. The average molecular weight is 417 g/mol. The van der Waals surface area contributed by atoms with Gasteiger partial charge in [0.25, 0.3) is 0 Å². The number of urea groups is 1. The van der Waals surface area contributed by atoms with Crippen LogP contribution in [0.15, 0.2) is 73.1 Å². The van der Waals surface area contributed by atoms with Gasteiger partial charge in [0.05, 0.1) is 11.7 Å². The Kier molecular flexibility index (Phi) is 5.13. The van der Waals surface area contributed by atoms with Crippen LogP contribution in [-0.2, 0) is 16.2 Å². The molecule has 31 heavy (non-hydrogen) atoms. The first kappa shape index (κ1) is 19.3. The van der Waals surface area contributed by atoms with Crippen molar-refractivity contribution in [1.29, 1.82) is 0 Å². The Hall–Kier alpha value is -3.65. The third-order valence-electron chi connectivity index (χ3n) is 5.74. The molecule has 5 rings (SSSR count). The molecule has 0 radical (unpaired) electrons. The fourth-order valence-electron chi connectivity index (χ4n) is 4.13. The first-order valence-corrected chi connectivity index (χ1v) is 10.4. The molecule has 1 N–H and O–H groups in total. The first-order chi connectivity index (χ1) is 15.2. The van der Waals surface area contributed by atoms with Crippen LogP contribution < -0.4 is 5.32 Å². The van der Waals surface area contributed by atoms with Crippen LogP contribution in [-0.4, -0.2) is 50.3 Å². The Bertz CT molecular complexity index is 1050. The second-order valence-electron chi connectivity index (χ2n) is 7.75. The lowest BCUT2D eigenvalue weighted by Crippen LogP contribution is -2.47. The molecule has 3 heterocycles. The fourth-order valence-corrected chi connectivity index (χ4v) is 4.13. The van der Waals surface area contributed by atoms with Crippen molar-refractivity contribution in [3.05, 3.63) is 78.6 Å². The van der Waals surface area contributed by atoms with Crippen molar-refractivity contribution in [3.8, 4) is 5.69 Å². The lowest BCUT2D eigenvalue weighted by atomic mass is 10.0. The number of carbonyl (C=O) groups excluding carboxylic acids is 2. The topological polar surface area (TPSA) is 79.7 Å². The lowest BCUT2D eigenvalue weighted by molar-refractivity contribution is -0.140. The van der Waals surface area contributed by atoms with Crippen molar-refractivity contribution in [2.24, 2.45) is 0 Å². The monoisotopic (exact) mass is 417 g/mol. The Labute approximate surface area is 180 Å². The third-order valence-corrected chi connectivity index (χ3v) is 5.74. The summed E-state index contributed by atoms with van der Waals surface area (Å²) in [6.45, 7) is 0.834. The highest BCUT2D eigenvalue weighted by Gasteiger charge is 2.47. The number of hydroxylamine groups is 2. The number of hydrogen-bond donors (Lipinski definition) is 1. The molecule has 8 heteroatoms. The number of amides is 3. The number of benzene rings is 2. The molecule has 3 amide bonds. The molecule has 2 aliphatic rings. The molecule has 2 saturated heterocycles. The van der Waals surface area contributed by atoms with E-state index in [1.807, 2.05) is 66.9 Å². The molecule has 0 aliphatic carbocycles. The molecular weight excluding hydrogens is 394 g/mol. The third kappa shape index (κ3) is 3.89. The Balaban J connectivity index is 1.21. The van der Waals surface area contributed by atoms with Crippen molar-refractivity contribution in [2.45, 2.75) is 31.5 Å². The molecule has 8 nitrogen and oxygen atoms in total. The van der Waals surface area contributed by atoms with E-state index in [2.05, 4.69) is 10.4 Å². The number of nitrogens with one attached hydrogen (secondary N) is 1. The highest BCUT2D eigenvalue weighted by Crippen LogP contribution is 2.31. The summed E-state index contributed by atoms with van der Waals surface area (Å²) in [6.07, 6.45) is 4.91. The molecule has 2 bridgehead atoms. The van der Waals surface area contributed by atoms with E-state index in [0.717, 1.165) is 17.7 Å². The predicted molar refractivity (Wildman–Crippen MR) is 114 cm³/mol. The van der Waals surface area contributed by atoms with Crippen LogP contribution in [0.2, 0.25) is 0 Å². The van der Waals surface area contributed by atoms with Gasteiger partial charge >= 0.3 is 6.03 Å². The maximum absolute atomic E-state index is 12.9. The number of nitrogens with zero attached hydrogens (tertiary/aromatic N) is 4. The zero-order valence-electron chi connectivity index (χ0n) is 16.9. The molecular formula is C23H23N5O3. The van der Waals surface area contributed by atoms with E-state index in [0.29, 0.717) is 25.3 Å². The second kappa shape index (κ2) is 8.23. The van der Waals surface area contributed by atoms with Crippen LogP contribution in [0.3, 0.4) is 0 Å². The number of fused-ring (bicyclic) bond motifs is 2.